The number of nitrogens with zero attached hydrogens (tertiary/aromatic N) is 2. The number of hydrogen-bond donors (Lipinski definition) is 3. The minimum Gasteiger partial charge on any atom is -0.361 e. The summed E-state index contributed by atoms with van der Waals surface area (Å²) in [7, 11) is -3.84. The van der Waals surface area contributed by atoms with Crippen molar-refractivity contribution in [2.45, 2.75) is 38.0 Å². The molecule has 0 unspecified atom stereocenters. The topological polar surface area (TPSA) is 117 Å². The van der Waals surface area contributed by atoms with Crippen LogP contribution in [-0.4, -0.2) is 29.3 Å². The molecule has 8 nitrogen and oxygen atoms in total. The second-order valence-corrected chi connectivity index (χ2v) is 9.55. The summed E-state index contributed by atoms with van der Waals surface area (Å²) in [6.07, 6.45) is 3.85. The second kappa shape index (κ2) is 9.41. The average Bonchev–Trinajstić information content (AvgIpc) is 3.16. The molecule has 0 radical (unpaired) electrons. The number of fused-ring (bicyclic) bond motifs is 1. The van der Waals surface area contributed by atoms with Crippen molar-refractivity contribution in [3.05, 3.63) is 77.7 Å². The number of benzene rings is 2. The molecule has 1 amide bonds. The SMILES string of the molecule is Cc1cc(C)nc(NS(=O)(=O)c2ccc(NC(=O)CCCc3c[nH]c4ccccc34)cc2)n1. The minimum absolute atomic E-state index is 0.0279. The van der Waals surface area contributed by atoms with Crippen LogP contribution in [0.2, 0.25) is 0 Å². The van der Waals surface area contributed by atoms with Gasteiger partial charge in [0.15, 0.2) is 0 Å². The van der Waals surface area contributed by atoms with E-state index in [1.807, 2.05) is 24.4 Å². The molecule has 0 aliphatic carbocycles. The number of amides is 1. The lowest BCUT2D eigenvalue weighted by atomic mass is 10.1. The van der Waals surface area contributed by atoms with Crippen molar-refractivity contribution >= 4 is 38.5 Å². The Hall–Kier alpha value is -3.72. The predicted molar refractivity (Wildman–Crippen MR) is 129 cm³/mol. The van der Waals surface area contributed by atoms with Gasteiger partial charge in [0.05, 0.1) is 4.90 Å². The summed E-state index contributed by atoms with van der Waals surface area (Å²) in [5.74, 6) is -0.0905. The van der Waals surface area contributed by atoms with Crippen LogP contribution in [0.5, 0.6) is 0 Å². The Morgan fingerprint density at radius 2 is 1.70 bits per heavy atom. The molecular formula is C24H25N5O3S. The van der Waals surface area contributed by atoms with Gasteiger partial charge in [-0.15, -0.1) is 0 Å². The van der Waals surface area contributed by atoms with Crippen LogP contribution in [0.15, 0.2) is 65.7 Å². The number of carbonyl (C=O) groups excluding carboxylic acids is 1. The molecule has 0 fully saturated rings. The molecule has 0 saturated carbocycles. The number of rotatable bonds is 8. The quantitative estimate of drug-likeness (QED) is 0.359. The third kappa shape index (κ3) is 5.56. The highest BCUT2D eigenvalue weighted by Crippen LogP contribution is 2.20. The molecule has 0 bridgehead atoms. The third-order valence-electron chi connectivity index (χ3n) is 5.18. The van der Waals surface area contributed by atoms with Gasteiger partial charge in [-0.1, -0.05) is 18.2 Å². The van der Waals surface area contributed by atoms with E-state index >= 15 is 0 Å². The zero-order valence-electron chi connectivity index (χ0n) is 18.4. The molecule has 0 saturated heterocycles. The Morgan fingerprint density at radius 3 is 2.42 bits per heavy atom. The molecule has 2 aromatic heterocycles. The van der Waals surface area contributed by atoms with Crippen molar-refractivity contribution < 1.29 is 13.2 Å². The minimum atomic E-state index is -3.84. The van der Waals surface area contributed by atoms with Crippen molar-refractivity contribution in [2.75, 3.05) is 10.0 Å². The number of aromatic nitrogens is 3. The molecule has 4 aromatic rings. The molecule has 9 heteroatoms. The second-order valence-electron chi connectivity index (χ2n) is 7.87. The number of anilines is 2. The van der Waals surface area contributed by atoms with E-state index in [2.05, 4.69) is 31.1 Å². The van der Waals surface area contributed by atoms with Gasteiger partial charge in [-0.3, -0.25) is 4.79 Å². The van der Waals surface area contributed by atoms with Crippen LogP contribution in [0.3, 0.4) is 0 Å². The average molecular weight is 464 g/mol. The highest BCUT2D eigenvalue weighted by atomic mass is 32.2. The van der Waals surface area contributed by atoms with Crippen LogP contribution in [0.1, 0.15) is 29.8 Å². The molecule has 4 rings (SSSR count). The number of aromatic amines is 1. The highest BCUT2D eigenvalue weighted by molar-refractivity contribution is 7.92. The first kappa shape index (κ1) is 22.5. The van der Waals surface area contributed by atoms with Crippen molar-refractivity contribution in [2.24, 2.45) is 0 Å². The van der Waals surface area contributed by atoms with Crippen molar-refractivity contribution in [3.63, 3.8) is 0 Å². The summed E-state index contributed by atoms with van der Waals surface area (Å²) in [5.41, 5.74) is 4.15. The van der Waals surface area contributed by atoms with E-state index in [-0.39, 0.29) is 16.8 Å². The number of aryl methyl sites for hydroxylation is 3. The van der Waals surface area contributed by atoms with Crippen molar-refractivity contribution in [3.8, 4) is 0 Å². The zero-order chi connectivity index (χ0) is 23.4. The van der Waals surface area contributed by atoms with Gasteiger partial charge in [0.1, 0.15) is 0 Å². The maximum absolute atomic E-state index is 12.6. The van der Waals surface area contributed by atoms with E-state index < -0.39 is 10.0 Å². The molecular weight excluding hydrogens is 438 g/mol. The lowest BCUT2D eigenvalue weighted by Gasteiger charge is -2.09. The fraction of sp³-hybridized carbons (Fsp3) is 0.208. The Bertz CT molecular complexity index is 1380. The van der Waals surface area contributed by atoms with E-state index in [1.54, 1.807) is 32.0 Å². The van der Waals surface area contributed by atoms with Gasteiger partial charge >= 0.3 is 0 Å². The van der Waals surface area contributed by atoms with Gasteiger partial charge in [0.2, 0.25) is 11.9 Å². The maximum atomic E-state index is 12.6. The van der Waals surface area contributed by atoms with Gasteiger partial charge in [0, 0.05) is 40.6 Å². The van der Waals surface area contributed by atoms with Crippen LogP contribution in [-0.2, 0) is 21.2 Å². The predicted octanol–water partition coefficient (Wildman–Crippen LogP) is 4.34. The standard InChI is InChI=1S/C24H25N5O3S/c1-16-14-17(2)27-24(26-16)29-33(31,32)20-12-10-19(11-13-20)28-23(30)9-5-6-18-15-25-22-8-4-3-7-21(18)22/h3-4,7-8,10-15,25H,5-6,9H2,1-2H3,(H,28,30)(H,26,27,29). The van der Waals surface area contributed by atoms with Gasteiger partial charge in [0.25, 0.3) is 10.0 Å². The third-order valence-corrected chi connectivity index (χ3v) is 6.53. The van der Waals surface area contributed by atoms with Gasteiger partial charge in [-0.2, -0.15) is 0 Å². The fourth-order valence-corrected chi connectivity index (χ4v) is 4.61. The van der Waals surface area contributed by atoms with Crippen LogP contribution in [0.4, 0.5) is 11.6 Å². The number of hydrogen-bond acceptors (Lipinski definition) is 5. The first-order chi connectivity index (χ1) is 15.8. The first-order valence-corrected chi connectivity index (χ1v) is 12.1. The summed E-state index contributed by atoms with van der Waals surface area (Å²) in [4.78, 5) is 23.8. The van der Waals surface area contributed by atoms with Gasteiger partial charge in [-0.05, 0) is 68.7 Å². The van der Waals surface area contributed by atoms with Gasteiger partial charge < -0.3 is 10.3 Å². The van der Waals surface area contributed by atoms with E-state index in [0.29, 0.717) is 29.9 Å². The first-order valence-electron chi connectivity index (χ1n) is 10.6. The van der Waals surface area contributed by atoms with Crippen molar-refractivity contribution in [1.82, 2.24) is 15.0 Å². The maximum Gasteiger partial charge on any atom is 0.264 e. The summed E-state index contributed by atoms with van der Waals surface area (Å²) >= 11 is 0. The molecule has 170 valence electrons. The molecule has 0 atom stereocenters. The molecule has 2 heterocycles. The van der Waals surface area contributed by atoms with Crippen LogP contribution in [0, 0.1) is 13.8 Å². The summed E-state index contributed by atoms with van der Waals surface area (Å²) < 4.78 is 27.6. The molecule has 0 spiro atoms. The molecule has 3 N–H and O–H groups in total. The molecule has 0 aliphatic heterocycles. The largest absolute Gasteiger partial charge is 0.361 e. The molecule has 2 aromatic carbocycles. The van der Waals surface area contributed by atoms with Gasteiger partial charge in [-0.25, -0.2) is 23.1 Å². The monoisotopic (exact) mass is 463 g/mol. The summed E-state index contributed by atoms with van der Waals surface area (Å²) in [6.45, 7) is 3.54. The van der Waals surface area contributed by atoms with Crippen molar-refractivity contribution in [1.29, 1.82) is 0 Å². The fourth-order valence-electron chi connectivity index (χ4n) is 3.67. The van der Waals surface area contributed by atoms with E-state index in [0.717, 1.165) is 11.9 Å². The highest BCUT2D eigenvalue weighted by Gasteiger charge is 2.16. The van der Waals surface area contributed by atoms with E-state index in [9.17, 15) is 13.2 Å². The Labute approximate surface area is 192 Å². The van der Waals surface area contributed by atoms with E-state index in [1.165, 1.54) is 23.1 Å². The van der Waals surface area contributed by atoms with E-state index in [4.69, 9.17) is 0 Å². The molecule has 0 aliphatic rings. The van der Waals surface area contributed by atoms with Crippen LogP contribution in [0.25, 0.3) is 10.9 Å². The molecule has 33 heavy (non-hydrogen) atoms. The number of H-pyrrole nitrogens is 1. The Kier molecular flexibility index (Phi) is 6.41. The number of nitrogens with one attached hydrogen (secondary N) is 3. The van der Waals surface area contributed by atoms with Crippen LogP contribution >= 0.6 is 0 Å². The van der Waals surface area contributed by atoms with Crippen LogP contribution < -0.4 is 10.0 Å². The number of sulfonamides is 1. The summed E-state index contributed by atoms with van der Waals surface area (Å²) in [5, 5.41) is 3.99. The smallest absolute Gasteiger partial charge is 0.264 e. The number of carbonyl (C=O) groups is 1. The zero-order valence-corrected chi connectivity index (χ0v) is 19.2. The summed E-state index contributed by atoms with van der Waals surface area (Å²) in [6, 6.07) is 15.8. The normalized spacial score (nSPS) is 11.5. The lowest BCUT2D eigenvalue weighted by Crippen LogP contribution is -2.16. The Balaban J connectivity index is 1.32. The Morgan fingerprint density at radius 1 is 1.00 bits per heavy atom. The lowest BCUT2D eigenvalue weighted by molar-refractivity contribution is -0.116. The number of para-hydroxylation sites is 1.